The number of thioether (sulfide) groups is 1. The van der Waals surface area contributed by atoms with Crippen molar-refractivity contribution < 1.29 is 18.7 Å². The molecule has 2 amide bonds. The number of halogens is 1. The Kier molecular flexibility index (Phi) is 5.51. The molecule has 1 saturated heterocycles. The van der Waals surface area contributed by atoms with Gasteiger partial charge in [0, 0.05) is 36.3 Å². The molecule has 3 aromatic rings. The molecule has 2 heterocycles. The Morgan fingerprint density at radius 3 is 2.62 bits per heavy atom. The maximum atomic E-state index is 13.2. The Morgan fingerprint density at radius 1 is 1.10 bits per heavy atom. The van der Waals surface area contributed by atoms with Gasteiger partial charge in [-0.2, -0.15) is 0 Å². The van der Waals surface area contributed by atoms with Crippen molar-refractivity contribution in [1.82, 2.24) is 9.47 Å². The molecular weight excluding hydrogens is 391 g/mol. The molecular formula is C22H19FN2O3S. The second-order valence-electron chi connectivity index (χ2n) is 6.68. The van der Waals surface area contributed by atoms with Crippen LogP contribution in [-0.4, -0.2) is 40.9 Å². The molecule has 1 aliphatic rings. The average molecular weight is 410 g/mol. The molecule has 0 spiro atoms. The molecule has 0 aliphatic carbocycles. The zero-order valence-electron chi connectivity index (χ0n) is 15.8. The molecule has 29 heavy (non-hydrogen) atoms. The number of ether oxygens (including phenoxy) is 1. The third kappa shape index (κ3) is 3.97. The van der Waals surface area contributed by atoms with E-state index < -0.39 is 0 Å². The van der Waals surface area contributed by atoms with Crippen molar-refractivity contribution in [3.8, 4) is 0 Å². The predicted octanol–water partition coefficient (Wildman–Crippen LogP) is 4.51. The van der Waals surface area contributed by atoms with Crippen molar-refractivity contribution in [2.75, 3.05) is 20.3 Å². The lowest BCUT2D eigenvalue weighted by atomic mass is 10.1. The summed E-state index contributed by atoms with van der Waals surface area (Å²) in [6, 6.07) is 14.3. The van der Waals surface area contributed by atoms with Crippen LogP contribution < -0.4 is 0 Å². The first kappa shape index (κ1) is 19.4. The second kappa shape index (κ2) is 8.23. The molecule has 1 aromatic heterocycles. The van der Waals surface area contributed by atoms with Gasteiger partial charge in [0.2, 0.25) is 0 Å². The number of methoxy groups -OCH3 is 1. The van der Waals surface area contributed by atoms with Gasteiger partial charge in [-0.15, -0.1) is 0 Å². The van der Waals surface area contributed by atoms with Gasteiger partial charge in [-0.25, -0.2) is 4.39 Å². The molecule has 0 unspecified atom stereocenters. The fourth-order valence-electron chi connectivity index (χ4n) is 3.32. The minimum absolute atomic E-state index is 0.241. The van der Waals surface area contributed by atoms with Gasteiger partial charge in [0.1, 0.15) is 5.82 Å². The first-order valence-corrected chi connectivity index (χ1v) is 9.95. The van der Waals surface area contributed by atoms with Crippen molar-refractivity contribution in [3.63, 3.8) is 0 Å². The van der Waals surface area contributed by atoms with Crippen molar-refractivity contribution in [2.45, 2.75) is 6.54 Å². The Labute approximate surface area is 171 Å². The molecule has 0 bridgehead atoms. The lowest BCUT2D eigenvalue weighted by Crippen LogP contribution is -2.31. The lowest BCUT2D eigenvalue weighted by Gasteiger charge is -2.10. The van der Waals surface area contributed by atoms with Crippen molar-refractivity contribution >= 4 is 39.9 Å². The summed E-state index contributed by atoms with van der Waals surface area (Å²) in [5, 5.41) is 0.701. The maximum absolute atomic E-state index is 13.2. The third-order valence-electron chi connectivity index (χ3n) is 4.76. The van der Waals surface area contributed by atoms with E-state index in [2.05, 4.69) is 4.57 Å². The Morgan fingerprint density at radius 2 is 1.86 bits per heavy atom. The van der Waals surface area contributed by atoms with E-state index in [0.29, 0.717) is 18.1 Å². The highest BCUT2D eigenvalue weighted by Gasteiger charge is 2.34. The molecule has 1 aliphatic heterocycles. The number of para-hydroxylation sites is 1. The number of fused-ring (bicyclic) bond motifs is 1. The topological polar surface area (TPSA) is 51.5 Å². The number of carbonyl (C=O) groups is 2. The van der Waals surface area contributed by atoms with E-state index >= 15 is 0 Å². The summed E-state index contributed by atoms with van der Waals surface area (Å²) in [6.07, 6.45) is 3.72. The second-order valence-corrected chi connectivity index (χ2v) is 7.68. The SMILES string of the molecule is COCCN1C(=O)S/C(=C/c2cn(Cc3ccc(F)cc3)c3ccccc23)C1=O. The van der Waals surface area contributed by atoms with Crippen molar-refractivity contribution in [3.05, 3.63) is 76.6 Å². The standard InChI is InChI=1S/C22H19FN2O3S/c1-28-11-10-25-21(26)20(29-22(25)27)12-16-14-24(19-5-3-2-4-18(16)19)13-15-6-8-17(23)9-7-15/h2-9,12,14H,10-11,13H2,1H3/b20-12+. The molecule has 2 aromatic carbocycles. The number of imide groups is 1. The van der Waals surface area contributed by atoms with Gasteiger partial charge < -0.3 is 9.30 Å². The van der Waals surface area contributed by atoms with Crippen LogP contribution in [0, 0.1) is 5.82 Å². The van der Waals surface area contributed by atoms with Gasteiger partial charge in [0.25, 0.3) is 11.1 Å². The Bertz CT molecular complexity index is 1100. The van der Waals surface area contributed by atoms with Crippen LogP contribution in [0.2, 0.25) is 0 Å². The summed E-state index contributed by atoms with van der Waals surface area (Å²) in [5.74, 6) is -0.566. The van der Waals surface area contributed by atoms with Gasteiger partial charge in [-0.3, -0.25) is 14.5 Å². The average Bonchev–Trinajstić information content (AvgIpc) is 3.19. The highest BCUT2D eigenvalue weighted by molar-refractivity contribution is 8.18. The quantitative estimate of drug-likeness (QED) is 0.561. The number of nitrogens with zero attached hydrogens (tertiary/aromatic N) is 2. The Balaban J connectivity index is 1.68. The summed E-state index contributed by atoms with van der Waals surface area (Å²) in [7, 11) is 1.53. The maximum Gasteiger partial charge on any atom is 0.293 e. The van der Waals surface area contributed by atoms with E-state index in [1.165, 1.54) is 24.1 Å². The smallest absolute Gasteiger partial charge is 0.293 e. The fourth-order valence-corrected chi connectivity index (χ4v) is 4.18. The van der Waals surface area contributed by atoms with Crippen LogP contribution in [-0.2, 0) is 16.1 Å². The number of hydrogen-bond acceptors (Lipinski definition) is 4. The van der Waals surface area contributed by atoms with Crippen LogP contribution in [0.15, 0.2) is 59.6 Å². The van der Waals surface area contributed by atoms with E-state index in [4.69, 9.17) is 4.74 Å². The molecule has 0 radical (unpaired) electrons. The number of hydrogen-bond donors (Lipinski definition) is 0. The van der Waals surface area contributed by atoms with Crippen LogP contribution in [0.4, 0.5) is 9.18 Å². The molecule has 148 valence electrons. The number of rotatable bonds is 6. The highest BCUT2D eigenvalue weighted by Crippen LogP contribution is 2.34. The molecule has 4 rings (SSSR count). The van der Waals surface area contributed by atoms with Crippen molar-refractivity contribution in [2.24, 2.45) is 0 Å². The molecule has 1 fully saturated rings. The van der Waals surface area contributed by atoms with Crippen LogP contribution in [0.3, 0.4) is 0 Å². The monoisotopic (exact) mass is 410 g/mol. The minimum Gasteiger partial charge on any atom is -0.383 e. The number of carbonyl (C=O) groups excluding carboxylic acids is 2. The van der Waals surface area contributed by atoms with Crippen LogP contribution in [0.1, 0.15) is 11.1 Å². The van der Waals surface area contributed by atoms with Gasteiger partial charge in [0.05, 0.1) is 18.1 Å². The normalized spacial score (nSPS) is 15.8. The molecule has 7 heteroatoms. The summed E-state index contributed by atoms with van der Waals surface area (Å²) in [6.45, 7) is 1.12. The number of amides is 2. The first-order chi connectivity index (χ1) is 14.1. The zero-order valence-corrected chi connectivity index (χ0v) is 16.6. The van der Waals surface area contributed by atoms with Crippen LogP contribution in [0.5, 0.6) is 0 Å². The van der Waals surface area contributed by atoms with Gasteiger partial charge in [-0.1, -0.05) is 30.3 Å². The zero-order chi connectivity index (χ0) is 20.4. The largest absolute Gasteiger partial charge is 0.383 e. The lowest BCUT2D eigenvalue weighted by molar-refractivity contribution is -0.123. The summed E-state index contributed by atoms with van der Waals surface area (Å²) in [4.78, 5) is 26.4. The van der Waals surface area contributed by atoms with Gasteiger partial charge in [0.15, 0.2) is 0 Å². The van der Waals surface area contributed by atoms with E-state index in [9.17, 15) is 14.0 Å². The number of benzene rings is 2. The van der Waals surface area contributed by atoms with E-state index in [0.717, 1.165) is 33.8 Å². The van der Waals surface area contributed by atoms with E-state index in [1.54, 1.807) is 18.2 Å². The van der Waals surface area contributed by atoms with Gasteiger partial charge in [-0.05, 0) is 41.6 Å². The minimum atomic E-state index is -0.299. The molecule has 0 N–H and O–H groups in total. The van der Waals surface area contributed by atoms with Crippen LogP contribution in [0.25, 0.3) is 17.0 Å². The molecule has 0 saturated carbocycles. The third-order valence-corrected chi connectivity index (χ3v) is 5.67. The fraction of sp³-hybridized carbons (Fsp3) is 0.182. The van der Waals surface area contributed by atoms with E-state index in [1.807, 2.05) is 30.5 Å². The molecule has 0 atom stereocenters. The number of aromatic nitrogens is 1. The van der Waals surface area contributed by atoms with Crippen molar-refractivity contribution in [1.29, 1.82) is 0 Å². The van der Waals surface area contributed by atoms with Crippen LogP contribution >= 0.6 is 11.8 Å². The first-order valence-electron chi connectivity index (χ1n) is 9.13. The highest BCUT2D eigenvalue weighted by atomic mass is 32.2. The summed E-state index contributed by atoms with van der Waals surface area (Å²) < 4.78 is 20.2. The Hall–Kier alpha value is -2.90. The summed E-state index contributed by atoms with van der Waals surface area (Å²) in [5.41, 5.74) is 2.83. The summed E-state index contributed by atoms with van der Waals surface area (Å²) >= 11 is 0.943. The van der Waals surface area contributed by atoms with E-state index in [-0.39, 0.29) is 23.5 Å². The predicted molar refractivity (Wildman–Crippen MR) is 112 cm³/mol. The van der Waals surface area contributed by atoms with Gasteiger partial charge >= 0.3 is 0 Å². The molecule has 5 nitrogen and oxygen atoms in total.